The summed E-state index contributed by atoms with van der Waals surface area (Å²) in [6.45, 7) is 4.63. The third-order valence-corrected chi connectivity index (χ3v) is 2.14. The molecule has 1 fully saturated rings. The average Bonchev–Trinajstić information content (AvgIpc) is 2.11. The maximum Gasteiger partial charge on any atom is 0.279 e. The van der Waals surface area contributed by atoms with Gasteiger partial charge in [-0.3, -0.25) is 0 Å². The third-order valence-electron chi connectivity index (χ3n) is 2.14. The molecular formula is C8H16O4. The molecule has 0 aliphatic carbocycles. The van der Waals surface area contributed by atoms with Crippen LogP contribution in [0.2, 0.25) is 0 Å². The summed E-state index contributed by atoms with van der Waals surface area (Å²) in [5.41, 5.74) is -0.349. The van der Waals surface area contributed by atoms with E-state index in [1.54, 1.807) is 21.1 Å². The largest absolute Gasteiger partial charge is 0.374 e. The van der Waals surface area contributed by atoms with Crippen molar-refractivity contribution in [1.82, 2.24) is 0 Å². The summed E-state index contributed by atoms with van der Waals surface area (Å²) < 4.78 is 20.9. The Balaban J connectivity index is 2.49. The van der Waals surface area contributed by atoms with Crippen LogP contribution in [0.25, 0.3) is 0 Å². The highest BCUT2D eigenvalue weighted by molar-refractivity contribution is 4.78. The first-order chi connectivity index (χ1) is 5.54. The summed E-state index contributed by atoms with van der Waals surface area (Å²) in [6, 6.07) is 0. The molecule has 0 spiro atoms. The Hall–Kier alpha value is -0.160. The smallest absolute Gasteiger partial charge is 0.279 e. The van der Waals surface area contributed by atoms with Gasteiger partial charge in [-0.25, -0.2) is 0 Å². The van der Waals surface area contributed by atoms with Crippen LogP contribution in [0.3, 0.4) is 0 Å². The highest BCUT2D eigenvalue weighted by Crippen LogP contribution is 2.25. The van der Waals surface area contributed by atoms with Gasteiger partial charge in [0, 0.05) is 21.1 Å². The number of hydrogen-bond donors (Lipinski definition) is 0. The molecule has 0 unspecified atom stereocenters. The van der Waals surface area contributed by atoms with Crippen LogP contribution >= 0.6 is 0 Å². The number of ether oxygens (including phenoxy) is 4. The Labute approximate surface area is 72.7 Å². The Morgan fingerprint density at radius 2 is 1.50 bits per heavy atom. The zero-order valence-electron chi connectivity index (χ0n) is 8.05. The standard InChI is InChI=1S/C8H16O4/c1-7(9-3)5-11-8(2,10-4)12-6-7/h5-6H2,1-4H3. The Bertz CT molecular complexity index is 131. The minimum absolute atomic E-state index is 0.349. The highest BCUT2D eigenvalue weighted by Gasteiger charge is 2.39. The summed E-state index contributed by atoms with van der Waals surface area (Å²) >= 11 is 0. The summed E-state index contributed by atoms with van der Waals surface area (Å²) in [4.78, 5) is 0. The minimum atomic E-state index is -0.905. The fraction of sp³-hybridized carbons (Fsp3) is 1.00. The lowest BCUT2D eigenvalue weighted by Crippen LogP contribution is -2.52. The lowest BCUT2D eigenvalue weighted by molar-refractivity contribution is -0.408. The monoisotopic (exact) mass is 176 g/mol. The second kappa shape index (κ2) is 3.30. The molecule has 0 atom stereocenters. The molecule has 0 radical (unpaired) electrons. The summed E-state index contributed by atoms with van der Waals surface area (Å²) in [6.07, 6.45) is 0. The van der Waals surface area contributed by atoms with E-state index in [2.05, 4.69) is 0 Å². The van der Waals surface area contributed by atoms with Crippen molar-refractivity contribution in [1.29, 1.82) is 0 Å². The van der Waals surface area contributed by atoms with Crippen LogP contribution in [0.4, 0.5) is 0 Å². The van der Waals surface area contributed by atoms with Gasteiger partial charge in [-0.2, -0.15) is 0 Å². The van der Waals surface area contributed by atoms with Crippen LogP contribution in [0.15, 0.2) is 0 Å². The van der Waals surface area contributed by atoms with Crippen molar-refractivity contribution in [2.24, 2.45) is 0 Å². The Morgan fingerprint density at radius 3 is 1.83 bits per heavy atom. The first-order valence-corrected chi connectivity index (χ1v) is 3.92. The van der Waals surface area contributed by atoms with Crippen molar-refractivity contribution in [3.8, 4) is 0 Å². The van der Waals surface area contributed by atoms with E-state index in [1.807, 2.05) is 6.92 Å². The van der Waals surface area contributed by atoms with E-state index >= 15 is 0 Å². The van der Waals surface area contributed by atoms with Gasteiger partial charge in [0.15, 0.2) is 0 Å². The van der Waals surface area contributed by atoms with Gasteiger partial charge in [0.05, 0.1) is 13.2 Å². The van der Waals surface area contributed by atoms with Crippen LogP contribution in [0.1, 0.15) is 13.8 Å². The van der Waals surface area contributed by atoms with E-state index in [4.69, 9.17) is 18.9 Å². The first-order valence-electron chi connectivity index (χ1n) is 3.92. The van der Waals surface area contributed by atoms with Gasteiger partial charge in [0.25, 0.3) is 5.97 Å². The number of hydrogen-bond acceptors (Lipinski definition) is 4. The maximum absolute atomic E-state index is 5.35. The van der Waals surface area contributed by atoms with E-state index in [-0.39, 0.29) is 5.60 Å². The van der Waals surface area contributed by atoms with Crippen molar-refractivity contribution >= 4 is 0 Å². The molecule has 0 N–H and O–H groups in total. The predicted molar refractivity (Wildman–Crippen MR) is 42.7 cm³/mol. The molecule has 0 aromatic heterocycles. The van der Waals surface area contributed by atoms with E-state index in [0.717, 1.165) is 0 Å². The highest BCUT2D eigenvalue weighted by atomic mass is 16.9. The molecule has 0 bridgehead atoms. The molecule has 0 saturated carbocycles. The van der Waals surface area contributed by atoms with Gasteiger partial charge in [0.2, 0.25) is 0 Å². The SMILES string of the molecule is COC1(C)COC(C)(OC)OC1. The van der Waals surface area contributed by atoms with Crippen molar-refractivity contribution in [2.45, 2.75) is 25.4 Å². The molecule has 12 heavy (non-hydrogen) atoms. The zero-order chi connectivity index (χ0) is 9.24. The lowest BCUT2D eigenvalue weighted by Gasteiger charge is -2.40. The van der Waals surface area contributed by atoms with Crippen LogP contribution in [0, 0.1) is 0 Å². The normalized spacial score (nSPS) is 43.0. The lowest BCUT2D eigenvalue weighted by atomic mass is 10.1. The quantitative estimate of drug-likeness (QED) is 0.622. The van der Waals surface area contributed by atoms with Crippen LogP contribution in [-0.2, 0) is 18.9 Å². The maximum atomic E-state index is 5.35. The van der Waals surface area contributed by atoms with Crippen LogP contribution in [-0.4, -0.2) is 39.0 Å². The second-order valence-electron chi connectivity index (χ2n) is 3.30. The Morgan fingerprint density at radius 1 is 1.00 bits per heavy atom. The van der Waals surface area contributed by atoms with Crippen LogP contribution in [0.5, 0.6) is 0 Å². The minimum Gasteiger partial charge on any atom is -0.374 e. The molecule has 1 aliphatic heterocycles. The summed E-state index contributed by atoms with van der Waals surface area (Å²) in [5, 5.41) is 0. The molecular weight excluding hydrogens is 160 g/mol. The second-order valence-corrected chi connectivity index (χ2v) is 3.30. The summed E-state index contributed by atoms with van der Waals surface area (Å²) in [7, 11) is 3.19. The molecule has 4 heteroatoms. The average molecular weight is 176 g/mol. The molecule has 0 aromatic carbocycles. The van der Waals surface area contributed by atoms with Crippen molar-refractivity contribution in [2.75, 3.05) is 27.4 Å². The fourth-order valence-electron chi connectivity index (χ4n) is 0.887. The van der Waals surface area contributed by atoms with Gasteiger partial charge in [0.1, 0.15) is 5.60 Å². The molecule has 1 rings (SSSR count). The molecule has 4 nitrogen and oxygen atoms in total. The molecule has 0 amide bonds. The molecule has 72 valence electrons. The molecule has 1 heterocycles. The molecule has 0 aromatic rings. The molecule has 1 aliphatic rings. The van der Waals surface area contributed by atoms with Gasteiger partial charge >= 0.3 is 0 Å². The van der Waals surface area contributed by atoms with E-state index < -0.39 is 5.97 Å². The van der Waals surface area contributed by atoms with Gasteiger partial charge < -0.3 is 18.9 Å². The third kappa shape index (κ3) is 1.95. The van der Waals surface area contributed by atoms with Gasteiger partial charge in [-0.05, 0) is 6.92 Å². The van der Waals surface area contributed by atoms with E-state index in [1.165, 1.54) is 0 Å². The van der Waals surface area contributed by atoms with Crippen LogP contribution < -0.4 is 0 Å². The predicted octanol–water partition coefficient (Wildman–Crippen LogP) is 0.758. The zero-order valence-corrected chi connectivity index (χ0v) is 8.05. The topological polar surface area (TPSA) is 36.9 Å². The van der Waals surface area contributed by atoms with Crippen molar-refractivity contribution in [3.05, 3.63) is 0 Å². The van der Waals surface area contributed by atoms with E-state index in [9.17, 15) is 0 Å². The Kier molecular flexibility index (Phi) is 2.73. The van der Waals surface area contributed by atoms with Crippen molar-refractivity contribution < 1.29 is 18.9 Å². The fourth-order valence-corrected chi connectivity index (χ4v) is 0.887. The van der Waals surface area contributed by atoms with Crippen molar-refractivity contribution in [3.63, 3.8) is 0 Å². The van der Waals surface area contributed by atoms with E-state index in [0.29, 0.717) is 13.2 Å². The van der Waals surface area contributed by atoms with Gasteiger partial charge in [-0.15, -0.1) is 0 Å². The van der Waals surface area contributed by atoms with Gasteiger partial charge in [-0.1, -0.05) is 0 Å². The number of methoxy groups -OCH3 is 2. The molecule has 1 saturated heterocycles. The summed E-state index contributed by atoms with van der Waals surface area (Å²) in [5.74, 6) is -0.905. The number of rotatable bonds is 2. The first kappa shape index (κ1) is 9.92.